The number of carbonyl (C=O) groups excluding carboxylic acids is 2. The minimum atomic E-state index is -0.226. The number of piperazine rings is 1. The summed E-state index contributed by atoms with van der Waals surface area (Å²) in [7, 11) is 1.68. The molecule has 2 N–H and O–H groups in total. The Morgan fingerprint density at radius 1 is 0.821 bits per heavy atom. The molecular formula is C31H31N5O3. The largest absolute Gasteiger partial charge is 0.495 e. The summed E-state index contributed by atoms with van der Waals surface area (Å²) in [6, 6.07) is 26.3. The molecule has 0 aliphatic carbocycles. The second-order valence-corrected chi connectivity index (χ2v) is 9.24. The molecule has 0 bridgehead atoms. The van der Waals surface area contributed by atoms with E-state index in [-0.39, 0.29) is 11.8 Å². The fraction of sp³-hybridized carbons (Fsp3) is 0.194. The fourth-order valence-electron chi connectivity index (χ4n) is 4.72. The van der Waals surface area contributed by atoms with Crippen molar-refractivity contribution in [2.24, 2.45) is 0 Å². The van der Waals surface area contributed by atoms with Crippen LogP contribution in [-0.4, -0.2) is 50.1 Å². The summed E-state index contributed by atoms with van der Waals surface area (Å²) in [5.41, 5.74) is 4.43. The third-order valence-electron chi connectivity index (χ3n) is 6.76. The molecule has 1 fully saturated rings. The van der Waals surface area contributed by atoms with Gasteiger partial charge in [-0.05, 0) is 54.1 Å². The first-order valence-corrected chi connectivity index (χ1v) is 12.9. The Morgan fingerprint density at radius 3 is 2.26 bits per heavy atom. The van der Waals surface area contributed by atoms with E-state index in [9.17, 15) is 9.59 Å². The molecule has 5 rings (SSSR count). The number of nitrogens with zero attached hydrogens (tertiary/aromatic N) is 3. The molecule has 0 unspecified atom stereocenters. The molecule has 1 aliphatic heterocycles. The van der Waals surface area contributed by atoms with Gasteiger partial charge in [0.15, 0.2) is 0 Å². The van der Waals surface area contributed by atoms with Crippen molar-refractivity contribution in [3.63, 3.8) is 0 Å². The third-order valence-corrected chi connectivity index (χ3v) is 6.76. The maximum absolute atomic E-state index is 13.5. The zero-order valence-electron chi connectivity index (χ0n) is 21.8. The van der Waals surface area contributed by atoms with E-state index >= 15 is 0 Å². The summed E-state index contributed by atoms with van der Waals surface area (Å²) in [6.45, 7) is 3.38. The molecule has 3 aromatic carbocycles. The zero-order valence-corrected chi connectivity index (χ0v) is 21.8. The van der Waals surface area contributed by atoms with E-state index in [0.29, 0.717) is 23.4 Å². The van der Waals surface area contributed by atoms with Gasteiger partial charge in [0, 0.05) is 62.1 Å². The van der Waals surface area contributed by atoms with Crippen LogP contribution in [0, 0.1) is 0 Å². The third kappa shape index (κ3) is 6.18. The van der Waals surface area contributed by atoms with Crippen LogP contribution in [0.4, 0.5) is 17.1 Å². The van der Waals surface area contributed by atoms with E-state index in [2.05, 4.69) is 31.5 Å². The normalized spacial score (nSPS) is 13.1. The van der Waals surface area contributed by atoms with Crippen LogP contribution >= 0.6 is 0 Å². The van der Waals surface area contributed by atoms with E-state index in [1.807, 2.05) is 60.7 Å². The topological polar surface area (TPSA) is 86.8 Å². The van der Waals surface area contributed by atoms with E-state index in [1.165, 1.54) is 0 Å². The highest BCUT2D eigenvalue weighted by atomic mass is 16.5. The second-order valence-electron chi connectivity index (χ2n) is 9.24. The average Bonchev–Trinajstić information content (AvgIpc) is 3.01. The summed E-state index contributed by atoms with van der Waals surface area (Å²) in [4.78, 5) is 34.9. The highest BCUT2D eigenvalue weighted by Gasteiger charge is 2.24. The lowest BCUT2D eigenvalue weighted by Gasteiger charge is -2.38. The SMILES string of the molecule is COc1ccccc1N1CCN(c2ccc(NC(=O)c3ccccc3)cc2C(=O)NCc2cccnc2)CC1. The lowest BCUT2D eigenvalue weighted by atomic mass is 10.1. The number of pyridine rings is 1. The van der Waals surface area contributed by atoms with E-state index in [1.54, 1.807) is 37.7 Å². The maximum atomic E-state index is 13.5. The molecule has 4 aromatic rings. The standard InChI is InChI=1S/C31H31N5O3/c1-39-29-12-6-5-11-28(29)36-18-16-35(17-19-36)27-14-13-25(34-30(37)24-9-3-2-4-10-24)20-26(27)31(38)33-22-23-8-7-15-32-21-23/h2-15,20-21H,16-19,22H2,1H3,(H,33,38)(H,34,37). The molecule has 198 valence electrons. The van der Waals surface area contributed by atoms with Crippen LogP contribution in [0.15, 0.2) is 97.3 Å². The lowest BCUT2D eigenvalue weighted by Crippen LogP contribution is -2.47. The molecule has 2 heterocycles. The summed E-state index contributed by atoms with van der Waals surface area (Å²) < 4.78 is 5.55. The first-order valence-electron chi connectivity index (χ1n) is 12.9. The number of nitrogens with one attached hydrogen (secondary N) is 2. The second kappa shape index (κ2) is 12.1. The lowest BCUT2D eigenvalue weighted by molar-refractivity contribution is 0.0950. The van der Waals surface area contributed by atoms with Crippen LogP contribution in [-0.2, 0) is 6.54 Å². The molecule has 8 nitrogen and oxygen atoms in total. The molecule has 39 heavy (non-hydrogen) atoms. The van der Waals surface area contributed by atoms with Crippen LogP contribution in [0.25, 0.3) is 0 Å². The van der Waals surface area contributed by atoms with Gasteiger partial charge in [-0.2, -0.15) is 0 Å². The van der Waals surface area contributed by atoms with Crippen molar-refractivity contribution in [3.8, 4) is 5.75 Å². The van der Waals surface area contributed by atoms with Crippen molar-refractivity contribution < 1.29 is 14.3 Å². The molecule has 0 spiro atoms. The van der Waals surface area contributed by atoms with Crippen LogP contribution in [0.3, 0.4) is 0 Å². The molecule has 1 saturated heterocycles. The van der Waals surface area contributed by atoms with Gasteiger partial charge in [-0.25, -0.2) is 0 Å². The number of amides is 2. The molecule has 0 radical (unpaired) electrons. The number of benzene rings is 3. The van der Waals surface area contributed by atoms with Gasteiger partial charge in [-0.15, -0.1) is 0 Å². The Hall–Kier alpha value is -4.85. The van der Waals surface area contributed by atoms with Crippen molar-refractivity contribution in [3.05, 3.63) is 114 Å². The predicted molar refractivity (Wildman–Crippen MR) is 154 cm³/mol. The summed E-state index contributed by atoms with van der Waals surface area (Å²) >= 11 is 0. The summed E-state index contributed by atoms with van der Waals surface area (Å²) in [5, 5.41) is 5.94. The van der Waals surface area contributed by atoms with E-state index < -0.39 is 0 Å². The number of aromatic nitrogens is 1. The molecule has 1 aliphatic rings. The van der Waals surface area contributed by atoms with Crippen molar-refractivity contribution in [2.75, 3.05) is 48.4 Å². The van der Waals surface area contributed by atoms with Crippen molar-refractivity contribution in [1.29, 1.82) is 0 Å². The molecular weight excluding hydrogens is 490 g/mol. The zero-order chi connectivity index (χ0) is 27.0. The Morgan fingerprint density at radius 2 is 1.54 bits per heavy atom. The van der Waals surface area contributed by atoms with Gasteiger partial charge in [0.05, 0.1) is 18.4 Å². The van der Waals surface area contributed by atoms with Gasteiger partial charge < -0.3 is 25.2 Å². The minimum Gasteiger partial charge on any atom is -0.495 e. The van der Waals surface area contributed by atoms with Gasteiger partial charge in [-0.1, -0.05) is 36.4 Å². The highest BCUT2D eigenvalue weighted by molar-refractivity contribution is 6.06. The van der Waals surface area contributed by atoms with Crippen LogP contribution in [0.2, 0.25) is 0 Å². The predicted octanol–water partition coefficient (Wildman–Crippen LogP) is 4.60. The fourth-order valence-corrected chi connectivity index (χ4v) is 4.72. The Balaban J connectivity index is 1.36. The first-order chi connectivity index (χ1) is 19.1. The minimum absolute atomic E-state index is 0.211. The van der Waals surface area contributed by atoms with E-state index in [0.717, 1.165) is 48.9 Å². The van der Waals surface area contributed by atoms with Crippen LogP contribution in [0.5, 0.6) is 5.75 Å². The maximum Gasteiger partial charge on any atom is 0.255 e. The van der Waals surface area contributed by atoms with Crippen LogP contribution < -0.4 is 25.2 Å². The van der Waals surface area contributed by atoms with Crippen LogP contribution in [0.1, 0.15) is 26.3 Å². The van der Waals surface area contributed by atoms with Gasteiger partial charge >= 0.3 is 0 Å². The number of hydrogen-bond donors (Lipinski definition) is 2. The molecule has 8 heteroatoms. The first kappa shape index (κ1) is 25.8. The van der Waals surface area contributed by atoms with Gasteiger partial charge in [0.2, 0.25) is 0 Å². The quantitative estimate of drug-likeness (QED) is 0.353. The molecule has 0 atom stereocenters. The Kier molecular flexibility index (Phi) is 8.02. The summed E-state index contributed by atoms with van der Waals surface area (Å²) in [5.74, 6) is 0.409. The number of methoxy groups -OCH3 is 1. The number of ether oxygens (including phenoxy) is 1. The smallest absolute Gasteiger partial charge is 0.255 e. The molecule has 0 saturated carbocycles. The van der Waals surface area contributed by atoms with Crippen molar-refractivity contribution in [1.82, 2.24) is 10.3 Å². The highest BCUT2D eigenvalue weighted by Crippen LogP contribution is 2.31. The number of rotatable bonds is 8. The number of hydrogen-bond acceptors (Lipinski definition) is 6. The average molecular weight is 522 g/mol. The molecule has 1 aromatic heterocycles. The van der Waals surface area contributed by atoms with Crippen molar-refractivity contribution in [2.45, 2.75) is 6.54 Å². The van der Waals surface area contributed by atoms with Crippen molar-refractivity contribution >= 4 is 28.9 Å². The van der Waals surface area contributed by atoms with Gasteiger partial charge in [-0.3, -0.25) is 14.6 Å². The van der Waals surface area contributed by atoms with E-state index in [4.69, 9.17) is 4.74 Å². The van der Waals surface area contributed by atoms with Gasteiger partial charge in [0.1, 0.15) is 5.75 Å². The molecule has 2 amide bonds. The summed E-state index contributed by atoms with van der Waals surface area (Å²) in [6.07, 6.45) is 3.43. The monoisotopic (exact) mass is 521 g/mol. The van der Waals surface area contributed by atoms with Gasteiger partial charge in [0.25, 0.3) is 11.8 Å². The Labute approximate surface area is 228 Å². The number of carbonyl (C=O) groups is 2. The number of anilines is 3. The Bertz CT molecular complexity index is 1420. The number of para-hydroxylation sites is 2.